The van der Waals surface area contributed by atoms with Crippen molar-refractivity contribution in [2.45, 2.75) is 0 Å². The van der Waals surface area contributed by atoms with Crippen molar-refractivity contribution >= 4 is 39.9 Å². The minimum atomic E-state index is -0.190. The maximum absolute atomic E-state index is 12.2. The fourth-order valence-corrected chi connectivity index (χ4v) is 2.24. The van der Waals surface area contributed by atoms with Crippen LogP contribution in [0.4, 0.5) is 11.4 Å². The molecule has 0 saturated carbocycles. The van der Waals surface area contributed by atoms with Crippen LogP contribution in [0.15, 0.2) is 42.5 Å². The van der Waals surface area contributed by atoms with Gasteiger partial charge < -0.3 is 15.8 Å². The van der Waals surface area contributed by atoms with Gasteiger partial charge in [-0.25, -0.2) is 0 Å². The van der Waals surface area contributed by atoms with Crippen LogP contribution < -0.4 is 15.8 Å². The van der Waals surface area contributed by atoms with Gasteiger partial charge in [0, 0.05) is 9.64 Å². The van der Waals surface area contributed by atoms with Gasteiger partial charge >= 0.3 is 0 Å². The normalized spacial score (nSPS) is 10.0. The number of nitrogens with two attached hydrogens (primary N) is 1. The zero-order valence-corrected chi connectivity index (χ0v) is 12.5. The molecule has 19 heavy (non-hydrogen) atoms. The number of halogens is 1. The summed E-state index contributed by atoms with van der Waals surface area (Å²) in [5.74, 6) is 0.456. The Morgan fingerprint density at radius 2 is 2.00 bits per heavy atom. The van der Waals surface area contributed by atoms with E-state index >= 15 is 0 Å². The van der Waals surface area contributed by atoms with Gasteiger partial charge in [-0.3, -0.25) is 4.79 Å². The molecule has 0 aromatic heterocycles. The second kappa shape index (κ2) is 5.92. The molecule has 0 aliphatic rings. The Hall–Kier alpha value is -1.76. The zero-order valence-electron chi connectivity index (χ0n) is 10.3. The van der Waals surface area contributed by atoms with Crippen LogP contribution in [0.5, 0.6) is 5.75 Å². The van der Waals surface area contributed by atoms with Gasteiger partial charge in [-0.1, -0.05) is 12.1 Å². The second-order valence-corrected chi connectivity index (χ2v) is 5.05. The van der Waals surface area contributed by atoms with Crippen LogP contribution in [0.1, 0.15) is 10.4 Å². The Balaban J connectivity index is 2.26. The van der Waals surface area contributed by atoms with Gasteiger partial charge in [0.15, 0.2) is 0 Å². The van der Waals surface area contributed by atoms with E-state index in [-0.39, 0.29) is 5.91 Å². The van der Waals surface area contributed by atoms with E-state index in [9.17, 15) is 4.79 Å². The van der Waals surface area contributed by atoms with Crippen molar-refractivity contribution in [1.29, 1.82) is 0 Å². The smallest absolute Gasteiger partial charge is 0.256 e. The standard InChI is InChI=1S/C14H13IN2O2/c1-19-9-6-7-12(16)13(8-9)17-14(18)10-4-2-3-5-11(10)15/h2-8H,16H2,1H3,(H,17,18). The Morgan fingerprint density at radius 1 is 1.26 bits per heavy atom. The monoisotopic (exact) mass is 368 g/mol. The molecule has 0 saturated heterocycles. The van der Waals surface area contributed by atoms with Gasteiger partial charge in [0.25, 0.3) is 5.91 Å². The Labute approximate surface area is 125 Å². The predicted molar refractivity (Wildman–Crippen MR) is 84.5 cm³/mol. The van der Waals surface area contributed by atoms with Crippen molar-refractivity contribution in [3.63, 3.8) is 0 Å². The Kier molecular flexibility index (Phi) is 4.26. The SMILES string of the molecule is COc1ccc(N)c(NC(=O)c2ccccc2I)c1. The third-order valence-electron chi connectivity index (χ3n) is 2.63. The van der Waals surface area contributed by atoms with E-state index in [1.165, 1.54) is 0 Å². The quantitative estimate of drug-likeness (QED) is 0.646. The zero-order chi connectivity index (χ0) is 13.8. The van der Waals surface area contributed by atoms with Crippen molar-refractivity contribution in [1.82, 2.24) is 0 Å². The highest BCUT2D eigenvalue weighted by Crippen LogP contribution is 2.25. The summed E-state index contributed by atoms with van der Waals surface area (Å²) in [6.07, 6.45) is 0. The number of ether oxygens (including phenoxy) is 1. The molecule has 0 radical (unpaired) electrons. The van der Waals surface area contributed by atoms with Crippen LogP contribution in [0.3, 0.4) is 0 Å². The lowest BCUT2D eigenvalue weighted by molar-refractivity contribution is 0.102. The molecule has 3 N–H and O–H groups in total. The van der Waals surface area contributed by atoms with Crippen molar-refractivity contribution in [3.8, 4) is 5.75 Å². The van der Waals surface area contributed by atoms with E-state index in [1.807, 2.05) is 18.2 Å². The van der Waals surface area contributed by atoms with Crippen molar-refractivity contribution in [2.75, 3.05) is 18.2 Å². The molecule has 0 spiro atoms. The van der Waals surface area contributed by atoms with Crippen LogP contribution in [0.25, 0.3) is 0 Å². The first kappa shape index (κ1) is 13.7. The average molecular weight is 368 g/mol. The number of nitrogen functional groups attached to an aromatic ring is 1. The molecular weight excluding hydrogens is 355 g/mol. The lowest BCUT2D eigenvalue weighted by atomic mass is 10.2. The number of anilines is 2. The number of methoxy groups -OCH3 is 1. The van der Waals surface area contributed by atoms with E-state index in [0.29, 0.717) is 22.7 Å². The largest absolute Gasteiger partial charge is 0.497 e. The molecular formula is C14H13IN2O2. The maximum atomic E-state index is 12.2. The highest BCUT2D eigenvalue weighted by molar-refractivity contribution is 14.1. The first-order valence-electron chi connectivity index (χ1n) is 5.61. The fourth-order valence-electron chi connectivity index (χ4n) is 1.61. The van der Waals surface area contributed by atoms with Crippen molar-refractivity contribution < 1.29 is 9.53 Å². The number of nitrogens with one attached hydrogen (secondary N) is 1. The molecule has 0 heterocycles. The fraction of sp³-hybridized carbons (Fsp3) is 0.0714. The first-order chi connectivity index (χ1) is 9.11. The van der Waals surface area contributed by atoms with Crippen molar-refractivity contribution in [3.05, 3.63) is 51.6 Å². The van der Waals surface area contributed by atoms with E-state index in [2.05, 4.69) is 27.9 Å². The number of hydrogen-bond donors (Lipinski definition) is 2. The molecule has 2 rings (SSSR count). The van der Waals surface area contributed by atoms with Gasteiger partial charge in [-0.2, -0.15) is 0 Å². The third-order valence-corrected chi connectivity index (χ3v) is 3.57. The molecule has 0 aliphatic carbocycles. The average Bonchev–Trinajstić information content (AvgIpc) is 2.41. The number of hydrogen-bond acceptors (Lipinski definition) is 3. The Morgan fingerprint density at radius 3 is 2.68 bits per heavy atom. The number of amides is 1. The molecule has 2 aromatic carbocycles. The molecule has 0 atom stereocenters. The summed E-state index contributed by atoms with van der Waals surface area (Å²) < 4.78 is 6.00. The summed E-state index contributed by atoms with van der Waals surface area (Å²) in [6, 6.07) is 12.5. The number of benzene rings is 2. The molecule has 4 nitrogen and oxygen atoms in total. The topological polar surface area (TPSA) is 64.3 Å². The van der Waals surface area contributed by atoms with E-state index in [4.69, 9.17) is 10.5 Å². The minimum absolute atomic E-state index is 0.190. The van der Waals surface area contributed by atoms with E-state index in [1.54, 1.807) is 31.4 Å². The van der Waals surface area contributed by atoms with Gasteiger partial charge in [-0.05, 0) is 46.9 Å². The maximum Gasteiger partial charge on any atom is 0.256 e. The molecule has 98 valence electrons. The van der Waals surface area contributed by atoms with Crippen LogP contribution >= 0.6 is 22.6 Å². The molecule has 0 unspecified atom stereocenters. The van der Waals surface area contributed by atoms with Gasteiger partial charge in [0.1, 0.15) is 5.75 Å². The summed E-state index contributed by atoms with van der Waals surface area (Å²) in [5.41, 5.74) is 7.50. The molecule has 2 aromatic rings. The summed E-state index contributed by atoms with van der Waals surface area (Å²) in [4.78, 5) is 12.2. The van der Waals surface area contributed by atoms with Gasteiger partial charge in [0.2, 0.25) is 0 Å². The van der Waals surface area contributed by atoms with Gasteiger partial charge in [0.05, 0.1) is 24.0 Å². The summed E-state index contributed by atoms with van der Waals surface area (Å²) in [7, 11) is 1.57. The lowest BCUT2D eigenvalue weighted by Gasteiger charge is -2.10. The number of rotatable bonds is 3. The molecule has 0 bridgehead atoms. The lowest BCUT2D eigenvalue weighted by Crippen LogP contribution is -2.14. The molecule has 0 fully saturated rings. The summed E-state index contributed by atoms with van der Waals surface area (Å²) in [5, 5.41) is 2.79. The van der Waals surface area contributed by atoms with Crippen molar-refractivity contribution in [2.24, 2.45) is 0 Å². The molecule has 1 amide bonds. The summed E-state index contributed by atoms with van der Waals surface area (Å²) in [6.45, 7) is 0. The Bertz CT molecular complexity index is 614. The minimum Gasteiger partial charge on any atom is -0.497 e. The molecule has 0 aliphatic heterocycles. The predicted octanol–water partition coefficient (Wildman–Crippen LogP) is 3.13. The highest BCUT2D eigenvalue weighted by Gasteiger charge is 2.11. The number of carbonyl (C=O) groups excluding carboxylic acids is 1. The highest BCUT2D eigenvalue weighted by atomic mass is 127. The number of carbonyl (C=O) groups is 1. The molecule has 5 heteroatoms. The van der Waals surface area contributed by atoms with Crippen LogP contribution in [0, 0.1) is 3.57 Å². The van der Waals surface area contributed by atoms with Crippen LogP contribution in [0.2, 0.25) is 0 Å². The van der Waals surface area contributed by atoms with E-state index in [0.717, 1.165) is 3.57 Å². The van der Waals surface area contributed by atoms with Crippen LogP contribution in [-0.4, -0.2) is 13.0 Å². The summed E-state index contributed by atoms with van der Waals surface area (Å²) >= 11 is 2.12. The van der Waals surface area contributed by atoms with Crippen LogP contribution in [-0.2, 0) is 0 Å². The third kappa shape index (κ3) is 3.17. The van der Waals surface area contributed by atoms with Gasteiger partial charge in [-0.15, -0.1) is 0 Å². The second-order valence-electron chi connectivity index (χ2n) is 3.89. The first-order valence-corrected chi connectivity index (χ1v) is 6.69. The van der Waals surface area contributed by atoms with E-state index < -0.39 is 0 Å².